The fraction of sp³-hybridized carbons (Fsp3) is 0.333. The van der Waals surface area contributed by atoms with Gasteiger partial charge in [-0.25, -0.2) is 0 Å². The molecule has 0 bridgehead atoms. The van der Waals surface area contributed by atoms with E-state index in [1.807, 2.05) is 20.8 Å². The molecule has 0 fully saturated rings. The van der Waals surface area contributed by atoms with Gasteiger partial charge in [-0.05, 0) is 17.7 Å². The first-order valence-electron chi connectivity index (χ1n) is 4.77. The number of hydrogen-bond donors (Lipinski definition) is 1. The van der Waals surface area contributed by atoms with Gasteiger partial charge in [0.2, 0.25) is 0 Å². The van der Waals surface area contributed by atoms with Gasteiger partial charge in [0.25, 0.3) is 0 Å². The number of pyridine rings is 1. The lowest BCUT2D eigenvalue weighted by atomic mass is 9.87. The van der Waals surface area contributed by atoms with Crippen LogP contribution in [0.2, 0.25) is 0 Å². The van der Waals surface area contributed by atoms with Crippen LogP contribution in [0, 0.1) is 16.7 Å². The highest BCUT2D eigenvalue weighted by Crippen LogP contribution is 2.27. The Morgan fingerprint density at radius 1 is 1.33 bits per heavy atom. The fourth-order valence-corrected chi connectivity index (χ4v) is 1.17. The summed E-state index contributed by atoms with van der Waals surface area (Å²) in [5, 5.41) is 9.10. The molecule has 15 heavy (non-hydrogen) atoms. The second kappa shape index (κ2) is 4.14. The summed E-state index contributed by atoms with van der Waals surface area (Å²) in [7, 11) is 0. The molecule has 0 amide bonds. The van der Waals surface area contributed by atoms with Crippen LogP contribution < -0.4 is 5.73 Å². The molecule has 0 atom stereocenters. The molecule has 0 spiro atoms. The predicted molar refractivity (Wildman–Crippen MR) is 60.4 cm³/mol. The largest absolute Gasteiger partial charge is 0.401 e. The van der Waals surface area contributed by atoms with E-state index in [9.17, 15) is 0 Å². The Morgan fingerprint density at radius 3 is 2.27 bits per heavy atom. The zero-order chi connectivity index (χ0) is 11.5. The molecule has 0 saturated heterocycles. The van der Waals surface area contributed by atoms with E-state index < -0.39 is 0 Å². The maximum absolute atomic E-state index is 9.10. The highest BCUT2D eigenvalue weighted by atomic mass is 14.6. The molecular weight excluding hydrogens is 186 g/mol. The molecule has 0 aliphatic rings. The Balaban J connectivity index is 3.28. The second-order valence-corrected chi connectivity index (χ2v) is 4.39. The van der Waals surface area contributed by atoms with Crippen LogP contribution in [-0.2, 0) is 0 Å². The quantitative estimate of drug-likeness (QED) is 0.709. The molecule has 1 aromatic heterocycles. The van der Waals surface area contributed by atoms with Gasteiger partial charge >= 0.3 is 0 Å². The molecule has 0 unspecified atom stereocenters. The van der Waals surface area contributed by atoms with Crippen LogP contribution in [0.3, 0.4) is 0 Å². The maximum atomic E-state index is 9.10. The van der Waals surface area contributed by atoms with Gasteiger partial charge in [0.05, 0.1) is 5.57 Å². The Bertz CT molecular complexity index is 405. The summed E-state index contributed by atoms with van der Waals surface area (Å²) < 4.78 is 0. The predicted octanol–water partition coefficient (Wildman–Crippen LogP) is 2.32. The van der Waals surface area contributed by atoms with E-state index in [1.165, 1.54) is 0 Å². The Kier molecular flexibility index (Phi) is 3.11. The number of nitrogens with zero attached hydrogens (tertiary/aromatic N) is 2. The molecule has 0 aromatic carbocycles. The minimum Gasteiger partial charge on any atom is -0.401 e. The van der Waals surface area contributed by atoms with Crippen molar-refractivity contribution in [2.45, 2.75) is 20.8 Å². The van der Waals surface area contributed by atoms with Crippen molar-refractivity contribution in [3.8, 4) is 6.07 Å². The first-order valence-corrected chi connectivity index (χ1v) is 4.77. The smallest absolute Gasteiger partial charge is 0.102 e. The number of nitrogens with two attached hydrogens (primary N) is 1. The molecule has 0 aliphatic heterocycles. The summed E-state index contributed by atoms with van der Waals surface area (Å²) in [4.78, 5) is 3.91. The van der Waals surface area contributed by atoms with Gasteiger partial charge < -0.3 is 5.73 Å². The van der Waals surface area contributed by atoms with E-state index in [0.717, 1.165) is 5.56 Å². The SMILES string of the molecule is CC(C)(C)/C(N)=C(/C#N)c1ccncc1. The lowest BCUT2D eigenvalue weighted by Gasteiger charge is -2.20. The molecule has 78 valence electrons. The van der Waals surface area contributed by atoms with E-state index in [0.29, 0.717) is 11.3 Å². The fourth-order valence-electron chi connectivity index (χ4n) is 1.17. The zero-order valence-corrected chi connectivity index (χ0v) is 9.28. The van der Waals surface area contributed by atoms with Crippen molar-refractivity contribution in [1.29, 1.82) is 5.26 Å². The van der Waals surface area contributed by atoms with Gasteiger partial charge in [-0.15, -0.1) is 0 Å². The van der Waals surface area contributed by atoms with Crippen molar-refractivity contribution in [3.05, 3.63) is 35.8 Å². The molecule has 0 saturated carbocycles. The highest BCUT2D eigenvalue weighted by Gasteiger charge is 2.19. The van der Waals surface area contributed by atoms with Gasteiger partial charge in [-0.1, -0.05) is 20.8 Å². The summed E-state index contributed by atoms with van der Waals surface area (Å²) in [6, 6.07) is 5.73. The van der Waals surface area contributed by atoms with Crippen LogP contribution in [0.4, 0.5) is 0 Å². The summed E-state index contributed by atoms with van der Waals surface area (Å²) in [5.74, 6) is 0. The zero-order valence-electron chi connectivity index (χ0n) is 9.28. The molecule has 3 nitrogen and oxygen atoms in total. The lowest BCUT2D eigenvalue weighted by molar-refractivity contribution is 0.500. The van der Waals surface area contributed by atoms with E-state index in [-0.39, 0.29) is 5.41 Å². The third kappa shape index (κ3) is 2.57. The maximum Gasteiger partial charge on any atom is 0.102 e. The molecule has 0 radical (unpaired) electrons. The monoisotopic (exact) mass is 201 g/mol. The van der Waals surface area contributed by atoms with Gasteiger partial charge in [0.15, 0.2) is 0 Å². The minimum atomic E-state index is -0.200. The second-order valence-electron chi connectivity index (χ2n) is 4.39. The van der Waals surface area contributed by atoms with Crippen molar-refractivity contribution >= 4 is 5.57 Å². The number of allylic oxidation sites excluding steroid dienone is 2. The highest BCUT2D eigenvalue weighted by molar-refractivity contribution is 5.79. The molecule has 0 aliphatic carbocycles. The summed E-state index contributed by atoms with van der Waals surface area (Å²) in [6.07, 6.45) is 3.31. The van der Waals surface area contributed by atoms with Crippen molar-refractivity contribution in [3.63, 3.8) is 0 Å². The van der Waals surface area contributed by atoms with Crippen LogP contribution in [0.1, 0.15) is 26.3 Å². The van der Waals surface area contributed by atoms with Gasteiger partial charge in [-0.2, -0.15) is 5.26 Å². The van der Waals surface area contributed by atoms with Crippen molar-refractivity contribution in [1.82, 2.24) is 4.98 Å². The first kappa shape index (κ1) is 11.3. The van der Waals surface area contributed by atoms with Crippen LogP contribution in [0.15, 0.2) is 30.2 Å². The Morgan fingerprint density at radius 2 is 1.87 bits per heavy atom. The number of rotatable bonds is 1. The van der Waals surface area contributed by atoms with Crippen LogP contribution in [0.5, 0.6) is 0 Å². The van der Waals surface area contributed by atoms with Crippen molar-refractivity contribution in [2.24, 2.45) is 11.1 Å². The number of hydrogen-bond acceptors (Lipinski definition) is 3. The van der Waals surface area contributed by atoms with Crippen molar-refractivity contribution < 1.29 is 0 Å². The Hall–Kier alpha value is -1.82. The normalized spacial score (nSPS) is 12.9. The summed E-state index contributed by atoms with van der Waals surface area (Å²) in [5.41, 5.74) is 7.73. The average molecular weight is 201 g/mol. The van der Waals surface area contributed by atoms with Gasteiger partial charge in [0, 0.05) is 23.5 Å². The summed E-state index contributed by atoms with van der Waals surface area (Å²) in [6.45, 7) is 5.96. The van der Waals surface area contributed by atoms with E-state index in [4.69, 9.17) is 11.0 Å². The topological polar surface area (TPSA) is 62.7 Å². The van der Waals surface area contributed by atoms with Crippen molar-refractivity contribution in [2.75, 3.05) is 0 Å². The number of nitriles is 1. The summed E-state index contributed by atoms with van der Waals surface area (Å²) >= 11 is 0. The van der Waals surface area contributed by atoms with Crippen LogP contribution in [-0.4, -0.2) is 4.98 Å². The first-order chi connectivity index (χ1) is 6.96. The molecular formula is C12H15N3. The average Bonchev–Trinajstić information content (AvgIpc) is 2.19. The molecule has 1 heterocycles. The van der Waals surface area contributed by atoms with E-state index >= 15 is 0 Å². The van der Waals surface area contributed by atoms with E-state index in [1.54, 1.807) is 24.5 Å². The molecule has 1 rings (SSSR count). The van der Waals surface area contributed by atoms with Gasteiger partial charge in [-0.3, -0.25) is 4.98 Å². The molecule has 3 heteroatoms. The minimum absolute atomic E-state index is 0.200. The third-order valence-corrected chi connectivity index (χ3v) is 2.16. The van der Waals surface area contributed by atoms with Crippen LogP contribution >= 0.6 is 0 Å². The lowest BCUT2D eigenvalue weighted by Crippen LogP contribution is -2.18. The Labute approximate surface area is 90.2 Å². The standard InChI is InChI=1S/C12H15N3/c1-12(2,3)11(14)10(8-13)9-4-6-15-7-5-9/h4-7H,14H2,1-3H3/b11-10+. The van der Waals surface area contributed by atoms with Crippen LogP contribution in [0.25, 0.3) is 5.57 Å². The molecule has 1 aromatic rings. The molecule has 2 N–H and O–H groups in total. The third-order valence-electron chi connectivity index (χ3n) is 2.16. The van der Waals surface area contributed by atoms with E-state index in [2.05, 4.69) is 11.1 Å². The van der Waals surface area contributed by atoms with Gasteiger partial charge in [0.1, 0.15) is 6.07 Å². The number of aromatic nitrogens is 1.